The average Bonchev–Trinajstić information content (AvgIpc) is 2.73. The number of alkyl carbamates (subject to hydrolysis) is 1. The highest BCUT2D eigenvalue weighted by molar-refractivity contribution is 14.0. The van der Waals surface area contributed by atoms with Crippen LogP contribution in [0.4, 0.5) is 4.79 Å². The van der Waals surface area contributed by atoms with Gasteiger partial charge in [0.25, 0.3) is 0 Å². The zero-order chi connectivity index (χ0) is 22.7. The maximum Gasteiger partial charge on any atom is 0.407 e. The van der Waals surface area contributed by atoms with Gasteiger partial charge in [0.1, 0.15) is 5.60 Å². The number of guanidine groups is 1. The molecule has 0 unspecified atom stereocenters. The first-order valence-corrected chi connectivity index (χ1v) is 11.2. The third kappa shape index (κ3) is 10.8. The van der Waals surface area contributed by atoms with E-state index in [-0.39, 0.29) is 24.0 Å². The fourth-order valence-corrected chi connectivity index (χ4v) is 3.45. The van der Waals surface area contributed by atoms with E-state index >= 15 is 0 Å². The number of nitrogens with one attached hydrogen (secondary N) is 3. The summed E-state index contributed by atoms with van der Waals surface area (Å²) in [5, 5.41) is 9.34. The number of likely N-dealkylation sites (N-methyl/N-ethyl adjacent to an activating group) is 1. The molecule has 1 amide bonds. The molecule has 9 heteroatoms. The highest BCUT2D eigenvalue weighted by Gasteiger charge is 2.17. The maximum atomic E-state index is 11.7. The molecule has 1 aromatic rings. The van der Waals surface area contributed by atoms with Crippen molar-refractivity contribution >= 4 is 36.0 Å². The van der Waals surface area contributed by atoms with Crippen LogP contribution in [0.3, 0.4) is 0 Å². The Hall–Kier alpha value is -1.59. The molecule has 8 nitrogen and oxygen atoms in total. The van der Waals surface area contributed by atoms with Crippen molar-refractivity contribution in [2.24, 2.45) is 4.99 Å². The van der Waals surface area contributed by atoms with Crippen LogP contribution in [0.1, 0.15) is 38.8 Å². The van der Waals surface area contributed by atoms with Gasteiger partial charge in [-0.3, -0.25) is 9.89 Å². The second kappa shape index (κ2) is 14.5. The predicted octanol–water partition coefficient (Wildman–Crippen LogP) is 2.63. The van der Waals surface area contributed by atoms with Gasteiger partial charge in [0, 0.05) is 59.4 Å². The molecule has 1 aliphatic heterocycles. The average molecular weight is 561 g/mol. The standard InChI is InChI=1S/C23H40N6O2.HI/c1-6-28-13-15-29(16-14-28)18-20-10-8-7-9-19(20)17-27-21(24-5)25-11-12-26-22(30)31-23(2,3)4;/h7-10H,6,11-18H2,1-5H3,(H,26,30)(H2,24,25,27);1H. The van der Waals surface area contributed by atoms with Crippen LogP contribution in [-0.2, 0) is 17.8 Å². The molecule has 0 bridgehead atoms. The summed E-state index contributed by atoms with van der Waals surface area (Å²) in [7, 11) is 1.75. The minimum atomic E-state index is -0.494. The van der Waals surface area contributed by atoms with Crippen LogP contribution in [-0.4, -0.2) is 80.3 Å². The van der Waals surface area contributed by atoms with Gasteiger partial charge in [0.2, 0.25) is 0 Å². The Morgan fingerprint density at radius 1 is 1.00 bits per heavy atom. The number of hydrogen-bond acceptors (Lipinski definition) is 5. The van der Waals surface area contributed by atoms with Crippen molar-refractivity contribution in [1.29, 1.82) is 0 Å². The SMILES string of the molecule is CCN1CCN(Cc2ccccc2CNC(=NC)NCCNC(=O)OC(C)(C)C)CC1.I. The summed E-state index contributed by atoms with van der Waals surface area (Å²) < 4.78 is 5.23. The van der Waals surface area contributed by atoms with Crippen molar-refractivity contribution in [3.05, 3.63) is 35.4 Å². The summed E-state index contributed by atoms with van der Waals surface area (Å²) in [6.45, 7) is 16.1. The van der Waals surface area contributed by atoms with Crippen molar-refractivity contribution in [2.75, 3.05) is 52.9 Å². The molecule has 0 spiro atoms. The van der Waals surface area contributed by atoms with E-state index in [1.54, 1.807) is 7.05 Å². The van der Waals surface area contributed by atoms with Crippen molar-refractivity contribution < 1.29 is 9.53 Å². The minimum absolute atomic E-state index is 0. The van der Waals surface area contributed by atoms with E-state index in [1.807, 2.05) is 20.8 Å². The van der Waals surface area contributed by atoms with Crippen LogP contribution in [0.25, 0.3) is 0 Å². The second-order valence-electron chi connectivity index (χ2n) is 8.76. The quantitative estimate of drug-likeness (QED) is 0.196. The lowest BCUT2D eigenvalue weighted by atomic mass is 10.1. The van der Waals surface area contributed by atoms with Gasteiger partial charge in [-0.2, -0.15) is 0 Å². The molecule has 0 aromatic heterocycles. The van der Waals surface area contributed by atoms with Gasteiger partial charge in [-0.05, 0) is 38.4 Å². The second-order valence-corrected chi connectivity index (χ2v) is 8.76. The van der Waals surface area contributed by atoms with Gasteiger partial charge in [-0.15, -0.1) is 24.0 Å². The van der Waals surface area contributed by atoms with Gasteiger partial charge in [-0.25, -0.2) is 4.79 Å². The first-order chi connectivity index (χ1) is 14.8. The summed E-state index contributed by atoms with van der Waals surface area (Å²) in [6.07, 6.45) is -0.411. The normalized spacial score (nSPS) is 15.6. The number of amides is 1. The van der Waals surface area contributed by atoms with E-state index in [0.717, 1.165) is 39.3 Å². The summed E-state index contributed by atoms with van der Waals surface area (Å²) in [5.41, 5.74) is 2.13. The van der Waals surface area contributed by atoms with E-state index in [4.69, 9.17) is 4.74 Å². The van der Waals surface area contributed by atoms with Crippen molar-refractivity contribution in [3.63, 3.8) is 0 Å². The lowest BCUT2D eigenvalue weighted by Gasteiger charge is -2.34. The summed E-state index contributed by atoms with van der Waals surface area (Å²) in [5.74, 6) is 0.706. The highest BCUT2D eigenvalue weighted by atomic mass is 127. The van der Waals surface area contributed by atoms with E-state index in [9.17, 15) is 4.79 Å². The molecule has 2 rings (SSSR count). The fourth-order valence-electron chi connectivity index (χ4n) is 3.45. The van der Waals surface area contributed by atoms with E-state index in [1.165, 1.54) is 11.1 Å². The third-order valence-electron chi connectivity index (χ3n) is 5.18. The van der Waals surface area contributed by atoms with Crippen LogP contribution in [0, 0.1) is 0 Å². The first kappa shape index (κ1) is 28.4. The maximum absolute atomic E-state index is 11.7. The number of carbonyl (C=O) groups is 1. The summed E-state index contributed by atoms with van der Waals surface area (Å²) >= 11 is 0. The summed E-state index contributed by atoms with van der Waals surface area (Å²) in [4.78, 5) is 21.0. The molecule has 182 valence electrons. The smallest absolute Gasteiger partial charge is 0.407 e. The Morgan fingerprint density at radius 3 is 2.19 bits per heavy atom. The largest absolute Gasteiger partial charge is 0.444 e. The Labute approximate surface area is 210 Å². The van der Waals surface area contributed by atoms with E-state index < -0.39 is 11.7 Å². The van der Waals surface area contributed by atoms with Crippen LogP contribution in [0.15, 0.2) is 29.3 Å². The van der Waals surface area contributed by atoms with Gasteiger partial charge in [-0.1, -0.05) is 31.2 Å². The van der Waals surface area contributed by atoms with E-state index in [2.05, 4.69) is 61.9 Å². The monoisotopic (exact) mass is 560 g/mol. The van der Waals surface area contributed by atoms with Crippen molar-refractivity contribution in [2.45, 2.75) is 46.4 Å². The van der Waals surface area contributed by atoms with Gasteiger partial charge in [0.15, 0.2) is 5.96 Å². The number of benzene rings is 1. The molecule has 0 aliphatic carbocycles. The lowest BCUT2D eigenvalue weighted by Crippen LogP contribution is -2.45. The molecule has 1 aliphatic rings. The third-order valence-corrected chi connectivity index (χ3v) is 5.18. The molecule has 0 atom stereocenters. The molecular weight excluding hydrogens is 519 g/mol. The number of nitrogens with zero attached hydrogens (tertiary/aromatic N) is 3. The van der Waals surface area contributed by atoms with Gasteiger partial charge < -0.3 is 25.6 Å². The molecule has 1 saturated heterocycles. The van der Waals surface area contributed by atoms with Crippen LogP contribution in [0.5, 0.6) is 0 Å². The number of hydrogen-bond donors (Lipinski definition) is 3. The van der Waals surface area contributed by atoms with Crippen molar-refractivity contribution in [3.8, 4) is 0 Å². The van der Waals surface area contributed by atoms with Crippen LogP contribution < -0.4 is 16.0 Å². The predicted molar refractivity (Wildman–Crippen MR) is 142 cm³/mol. The molecular formula is C23H41IN6O2. The minimum Gasteiger partial charge on any atom is -0.444 e. The Morgan fingerprint density at radius 2 is 1.59 bits per heavy atom. The molecule has 0 radical (unpaired) electrons. The zero-order valence-electron chi connectivity index (χ0n) is 20.2. The number of rotatable bonds is 8. The summed E-state index contributed by atoms with van der Waals surface area (Å²) in [6, 6.07) is 8.57. The molecule has 1 aromatic carbocycles. The number of piperazine rings is 1. The topological polar surface area (TPSA) is 81.2 Å². The fraction of sp³-hybridized carbons (Fsp3) is 0.652. The lowest BCUT2D eigenvalue weighted by molar-refractivity contribution is 0.0529. The van der Waals surface area contributed by atoms with Crippen molar-refractivity contribution in [1.82, 2.24) is 25.8 Å². The first-order valence-electron chi connectivity index (χ1n) is 11.2. The van der Waals surface area contributed by atoms with Gasteiger partial charge >= 0.3 is 6.09 Å². The number of ether oxygens (including phenoxy) is 1. The molecule has 32 heavy (non-hydrogen) atoms. The number of aliphatic imine (C=N–C) groups is 1. The molecule has 1 heterocycles. The Balaban J connectivity index is 0.00000512. The Kier molecular flexibility index (Phi) is 12.9. The van der Waals surface area contributed by atoms with E-state index in [0.29, 0.717) is 25.6 Å². The van der Waals surface area contributed by atoms with Gasteiger partial charge in [0.05, 0.1) is 0 Å². The Bertz CT molecular complexity index is 715. The molecule has 0 saturated carbocycles. The van der Waals surface area contributed by atoms with Crippen LogP contribution >= 0.6 is 24.0 Å². The highest BCUT2D eigenvalue weighted by Crippen LogP contribution is 2.13. The zero-order valence-corrected chi connectivity index (χ0v) is 22.6. The molecule has 1 fully saturated rings. The molecule has 3 N–H and O–H groups in total. The van der Waals surface area contributed by atoms with Crippen LogP contribution in [0.2, 0.25) is 0 Å². The number of halogens is 1. The number of carbonyl (C=O) groups excluding carboxylic acids is 1.